The first-order valence-corrected chi connectivity index (χ1v) is 6.97. The maximum absolute atomic E-state index is 9.59. The van der Waals surface area contributed by atoms with Gasteiger partial charge in [0, 0.05) is 28.5 Å². The molecule has 0 aliphatic heterocycles. The number of benzene rings is 2. The van der Waals surface area contributed by atoms with Crippen molar-refractivity contribution in [3.63, 3.8) is 0 Å². The number of halogens is 1. The first-order valence-electron chi connectivity index (χ1n) is 6.97. The molecule has 0 bridgehead atoms. The highest BCUT2D eigenvalue weighted by Crippen LogP contribution is 2.30. The van der Waals surface area contributed by atoms with E-state index >= 15 is 0 Å². The van der Waals surface area contributed by atoms with Gasteiger partial charge in [0.15, 0.2) is 0 Å². The van der Waals surface area contributed by atoms with Crippen LogP contribution < -0.4 is 5.32 Å². The molecule has 0 aliphatic rings. The summed E-state index contributed by atoms with van der Waals surface area (Å²) in [7, 11) is 0. The van der Waals surface area contributed by atoms with Crippen molar-refractivity contribution in [2.24, 2.45) is 0 Å². The van der Waals surface area contributed by atoms with Gasteiger partial charge in [-0.3, -0.25) is 4.98 Å². The second-order valence-corrected chi connectivity index (χ2v) is 5.46. The zero-order valence-electron chi connectivity index (χ0n) is 12.8. The van der Waals surface area contributed by atoms with Gasteiger partial charge in [-0.15, -0.1) is 12.4 Å². The van der Waals surface area contributed by atoms with Gasteiger partial charge >= 0.3 is 0 Å². The van der Waals surface area contributed by atoms with Crippen LogP contribution in [0.15, 0.2) is 42.5 Å². The lowest BCUT2D eigenvalue weighted by Gasteiger charge is -2.13. The molecule has 114 valence electrons. The van der Waals surface area contributed by atoms with E-state index in [0.717, 1.165) is 28.0 Å². The van der Waals surface area contributed by atoms with E-state index in [1.807, 2.05) is 25.1 Å². The van der Waals surface area contributed by atoms with Crippen LogP contribution in [0.4, 0.5) is 11.4 Å². The molecular formula is C18H19ClN2O. The van der Waals surface area contributed by atoms with E-state index in [4.69, 9.17) is 0 Å². The molecule has 2 N–H and O–H groups in total. The maximum Gasteiger partial charge on any atom is 0.117 e. The molecule has 1 aromatic heterocycles. The predicted molar refractivity (Wildman–Crippen MR) is 94.6 cm³/mol. The quantitative estimate of drug-likeness (QED) is 0.697. The number of hydrogen-bond donors (Lipinski definition) is 2. The van der Waals surface area contributed by atoms with Crippen molar-refractivity contribution in [2.75, 3.05) is 5.32 Å². The molecule has 0 amide bonds. The fourth-order valence-corrected chi connectivity index (χ4v) is 2.65. The van der Waals surface area contributed by atoms with E-state index in [9.17, 15) is 5.11 Å². The Morgan fingerprint density at radius 3 is 2.50 bits per heavy atom. The van der Waals surface area contributed by atoms with E-state index in [-0.39, 0.29) is 18.2 Å². The lowest BCUT2D eigenvalue weighted by molar-refractivity contribution is 0.475. The van der Waals surface area contributed by atoms with Gasteiger partial charge in [-0.2, -0.15) is 0 Å². The lowest BCUT2D eigenvalue weighted by atomic mass is 10.0. The highest BCUT2D eigenvalue weighted by molar-refractivity contribution is 5.95. The summed E-state index contributed by atoms with van der Waals surface area (Å²) in [6, 6.07) is 13.5. The third-order valence-electron chi connectivity index (χ3n) is 3.50. The smallest absolute Gasteiger partial charge is 0.117 e. The number of nitrogens with zero attached hydrogens (tertiary/aromatic N) is 1. The highest BCUT2D eigenvalue weighted by atomic mass is 35.5. The van der Waals surface area contributed by atoms with Crippen LogP contribution in [0.25, 0.3) is 10.9 Å². The molecule has 0 spiro atoms. The summed E-state index contributed by atoms with van der Waals surface area (Å²) in [6.45, 7) is 6.16. The van der Waals surface area contributed by atoms with Crippen molar-refractivity contribution in [1.82, 2.24) is 4.98 Å². The molecule has 2 aromatic carbocycles. The molecule has 3 aromatic rings. The number of rotatable bonds is 2. The van der Waals surface area contributed by atoms with Crippen LogP contribution in [0, 0.1) is 20.8 Å². The molecule has 1 heterocycles. The van der Waals surface area contributed by atoms with Crippen LogP contribution in [0.2, 0.25) is 0 Å². The fourth-order valence-electron chi connectivity index (χ4n) is 2.65. The average Bonchev–Trinajstić information content (AvgIpc) is 2.40. The van der Waals surface area contributed by atoms with Crippen LogP contribution in [-0.2, 0) is 0 Å². The summed E-state index contributed by atoms with van der Waals surface area (Å²) >= 11 is 0. The Hall–Kier alpha value is -2.26. The minimum Gasteiger partial charge on any atom is -0.508 e. The molecule has 0 atom stereocenters. The number of nitrogens with one attached hydrogen (secondary N) is 1. The first-order chi connectivity index (χ1) is 10.0. The van der Waals surface area contributed by atoms with Crippen molar-refractivity contribution in [3.05, 3.63) is 59.3 Å². The van der Waals surface area contributed by atoms with Gasteiger partial charge in [-0.05, 0) is 50.6 Å². The number of aromatic hydroxyl groups is 1. The van der Waals surface area contributed by atoms with Crippen LogP contribution in [-0.4, -0.2) is 10.1 Å². The number of anilines is 2. The maximum atomic E-state index is 9.59. The molecule has 0 saturated heterocycles. The Morgan fingerprint density at radius 1 is 1.00 bits per heavy atom. The van der Waals surface area contributed by atoms with Crippen molar-refractivity contribution in [3.8, 4) is 5.75 Å². The average molecular weight is 315 g/mol. The van der Waals surface area contributed by atoms with Gasteiger partial charge in [-0.1, -0.05) is 17.7 Å². The standard InChI is InChI=1S/C18H18N2O.ClH/c1-11-7-12(2)18-16(8-11)17(9-13(3)19-18)20-14-5-4-6-15(21)10-14;/h4-10,21H,1-3H3,(H,19,20);1H. The van der Waals surface area contributed by atoms with Gasteiger partial charge < -0.3 is 10.4 Å². The van der Waals surface area contributed by atoms with Crippen LogP contribution in [0.1, 0.15) is 16.8 Å². The van der Waals surface area contributed by atoms with Crippen molar-refractivity contribution < 1.29 is 5.11 Å². The number of pyridine rings is 1. The zero-order valence-corrected chi connectivity index (χ0v) is 13.7. The first kappa shape index (κ1) is 16.1. The summed E-state index contributed by atoms with van der Waals surface area (Å²) in [5, 5.41) is 14.1. The number of phenols is 1. The number of hydrogen-bond acceptors (Lipinski definition) is 3. The third kappa shape index (κ3) is 3.15. The molecule has 0 radical (unpaired) electrons. The van der Waals surface area contributed by atoms with Gasteiger partial charge in [0.25, 0.3) is 0 Å². The zero-order chi connectivity index (χ0) is 15.0. The van der Waals surface area contributed by atoms with E-state index in [1.54, 1.807) is 12.1 Å². The summed E-state index contributed by atoms with van der Waals surface area (Å²) in [5.74, 6) is 0.252. The molecule has 0 saturated carbocycles. The predicted octanol–water partition coefficient (Wildman–Crippen LogP) is 5.03. The number of aromatic nitrogens is 1. The number of fused-ring (bicyclic) bond motifs is 1. The summed E-state index contributed by atoms with van der Waals surface area (Å²) in [4.78, 5) is 4.65. The summed E-state index contributed by atoms with van der Waals surface area (Å²) in [6.07, 6.45) is 0. The van der Waals surface area contributed by atoms with E-state index in [2.05, 4.69) is 36.3 Å². The topological polar surface area (TPSA) is 45.2 Å². The van der Waals surface area contributed by atoms with Gasteiger partial charge in [0.05, 0.1) is 5.52 Å². The Labute approximate surface area is 136 Å². The SMILES string of the molecule is Cc1cc(C)c2nc(C)cc(Nc3cccc(O)c3)c2c1.Cl. The Bertz CT molecular complexity index is 831. The third-order valence-corrected chi connectivity index (χ3v) is 3.50. The molecule has 0 unspecified atom stereocenters. The molecule has 3 rings (SSSR count). The normalized spacial score (nSPS) is 10.3. The molecule has 0 fully saturated rings. The van der Waals surface area contributed by atoms with E-state index in [1.165, 1.54) is 11.1 Å². The van der Waals surface area contributed by atoms with Crippen LogP contribution >= 0.6 is 12.4 Å². The lowest BCUT2D eigenvalue weighted by Crippen LogP contribution is -1.96. The Morgan fingerprint density at radius 2 is 1.77 bits per heavy atom. The molecule has 3 nitrogen and oxygen atoms in total. The minimum atomic E-state index is 0. The second-order valence-electron chi connectivity index (χ2n) is 5.46. The van der Waals surface area contributed by atoms with Gasteiger partial charge in [-0.25, -0.2) is 0 Å². The fraction of sp³-hybridized carbons (Fsp3) is 0.167. The molecule has 4 heteroatoms. The van der Waals surface area contributed by atoms with Crippen LogP contribution in [0.5, 0.6) is 5.75 Å². The largest absolute Gasteiger partial charge is 0.508 e. The summed E-state index contributed by atoms with van der Waals surface area (Å²) < 4.78 is 0. The minimum absolute atomic E-state index is 0. The van der Waals surface area contributed by atoms with Crippen molar-refractivity contribution >= 4 is 34.7 Å². The molecule has 0 aliphatic carbocycles. The van der Waals surface area contributed by atoms with Gasteiger partial charge in [0.2, 0.25) is 0 Å². The van der Waals surface area contributed by atoms with Gasteiger partial charge in [0.1, 0.15) is 5.75 Å². The second kappa shape index (κ2) is 6.24. The van der Waals surface area contributed by atoms with Crippen molar-refractivity contribution in [1.29, 1.82) is 0 Å². The molecule has 22 heavy (non-hydrogen) atoms. The van der Waals surface area contributed by atoms with E-state index in [0.29, 0.717) is 0 Å². The van der Waals surface area contributed by atoms with Crippen LogP contribution in [0.3, 0.4) is 0 Å². The Balaban J connectivity index is 0.00000176. The van der Waals surface area contributed by atoms with E-state index < -0.39 is 0 Å². The Kier molecular flexibility index (Phi) is 4.57. The summed E-state index contributed by atoms with van der Waals surface area (Å²) in [5.41, 5.74) is 6.24. The number of phenolic OH excluding ortho intramolecular Hbond substituents is 1. The van der Waals surface area contributed by atoms with Crippen molar-refractivity contribution in [2.45, 2.75) is 20.8 Å². The highest BCUT2D eigenvalue weighted by Gasteiger charge is 2.08. The monoisotopic (exact) mass is 314 g/mol. The molecular weight excluding hydrogens is 296 g/mol. The number of aryl methyl sites for hydroxylation is 3.